The number of hydrogen-bond acceptors (Lipinski definition) is 5. The molecule has 0 bridgehead atoms. The maximum absolute atomic E-state index is 12.6. The third kappa shape index (κ3) is 2.49. The number of aliphatic hydroxyl groups excluding tert-OH is 1. The van der Waals surface area contributed by atoms with Gasteiger partial charge < -0.3 is 15.7 Å². The van der Waals surface area contributed by atoms with Crippen molar-refractivity contribution >= 4 is 33.1 Å². The van der Waals surface area contributed by atoms with Crippen LogP contribution in [-0.2, 0) is 0 Å². The fourth-order valence-electron chi connectivity index (χ4n) is 2.91. The molecule has 0 aromatic carbocycles. The molecule has 1 aliphatic rings. The smallest absolute Gasteiger partial charge is 0.266 e. The van der Waals surface area contributed by atoms with E-state index in [2.05, 4.69) is 4.98 Å². The molecule has 1 fully saturated rings. The summed E-state index contributed by atoms with van der Waals surface area (Å²) in [6.45, 7) is 4.98. The number of amides is 1. The van der Waals surface area contributed by atoms with Crippen LogP contribution >= 0.6 is 11.3 Å². The lowest BCUT2D eigenvalue weighted by molar-refractivity contribution is 0.0478. The number of nitrogen functional groups attached to an aromatic ring is 1. The quantitative estimate of drug-likeness (QED) is 0.845. The number of aromatic nitrogens is 1. The van der Waals surface area contributed by atoms with E-state index in [-0.39, 0.29) is 5.91 Å². The first-order valence-corrected chi connectivity index (χ1v) is 7.92. The minimum atomic E-state index is -0.430. The molecule has 0 aliphatic carbocycles. The Morgan fingerprint density at radius 3 is 3.00 bits per heavy atom. The fourth-order valence-corrected chi connectivity index (χ4v) is 4.10. The number of β-amino-alcohol motifs (C(OH)–C–C–N with tert-alkyl or cyclic N) is 1. The standard InChI is InChI=1S/C15H19N3O2S/c1-8-6-9(2)17-14-11(8)12(16)13(21-14)15(20)18-5-3-4-10(19)7-18/h6,10,19H,3-5,7,16H2,1-2H3. The van der Waals surface area contributed by atoms with Crippen molar-refractivity contribution in [1.29, 1.82) is 0 Å². The highest BCUT2D eigenvalue weighted by Crippen LogP contribution is 2.36. The molecule has 112 valence electrons. The molecule has 1 aliphatic heterocycles. The number of carbonyl (C=O) groups excluding carboxylic acids is 1. The number of carbonyl (C=O) groups is 1. The molecule has 3 N–H and O–H groups in total. The molecule has 1 saturated heterocycles. The molecule has 2 aromatic rings. The Morgan fingerprint density at radius 1 is 1.52 bits per heavy atom. The molecule has 3 rings (SSSR count). The molecule has 1 unspecified atom stereocenters. The average molecular weight is 305 g/mol. The Bertz CT molecular complexity index is 710. The van der Waals surface area contributed by atoms with Crippen molar-refractivity contribution in [2.75, 3.05) is 18.8 Å². The third-order valence-corrected chi connectivity index (χ3v) is 4.99. The molecule has 1 amide bonds. The van der Waals surface area contributed by atoms with E-state index in [1.807, 2.05) is 19.9 Å². The van der Waals surface area contributed by atoms with E-state index in [1.54, 1.807) is 4.90 Å². The Morgan fingerprint density at radius 2 is 2.29 bits per heavy atom. The van der Waals surface area contributed by atoms with Crippen molar-refractivity contribution in [2.24, 2.45) is 0 Å². The first kappa shape index (κ1) is 14.3. The molecule has 3 heterocycles. The van der Waals surface area contributed by atoms with E-state index < -0.39 is 6.10 Å². The second kappa shape index (κ2) is 5.27. The number of fused-ring (bicyclic) bond motifs is 1. The zero-order chi connectivity index (χ0) is 15.1. The van der Waals surface area contributed by atoms with Crippen LogP contribution in [0.3, 0.4) is 0 Å². The Kier molecular flexibility index (Phi) is 3.59. The van der Waals surface area contributed by atoms with Crippen molar-refractivity contribution in [3.05, 3.63) is 22.2 Å². The Balaban J connectivity index is 2.02. The van der Waals surface area contributed by atoms with Gasteiger partial charge in [0.15, 0.2) is 0 Å². The highest BCUT2D eigenvalue weighted by molar-refractivity contribution is 7.21. The number of nitrogens with two attached hydrogens (primary N) is 1. The zero-order valence-electron chi connectivity index (χ0n) is 12.2. The van der Waals surface area contributed by atoms with Gasteiger partial charge in [0.1, 0.15) is 9.71 Å². The number of aliphatic hydroxyl groups is 1. The van der Waals surface area contributed by atoms with Crippen molar-refractivity contribution in [3.63, 3.8) is 0 Å². The number of hydrogen-bond donors (Lipinski definition) is 2. The summed E-state index contributed by atoms with van der Waals surface area (Å²) < 4.78 is 0. The van der Waals surface area contributed by atoms with Gasteiger partial charge in [0.25, 0.3) is 5.91 Å². The van der Waals surface area contributed by atoms with Crippen molar-refractivity contribution in [3.8, 4) is 0 Å². The summed E-state index contributed by atoms with van der Waals surface area (Å²) in [4.78, 5) is 20.2. The van der Waals surface area contributed by atoms with Gasteiger partial charge in [-0.25, -0.2) is 4.98 Å². The second-order valence-electron chi connectivity index (χ2n) is 5.65. The first-order valence-electron chi connectivity index (χ1n) is 7.11. The maximum atomic E-state index is 12.6. The summed E-state index contributed by atoms with van der Waals surface area (Å²) in [5, 5.41) is 10.6. The minimum Gasteiger partial charge on any atom is -0.397 e. The van der Waals surface area contributed by atoms with Gasteiger partial charge >= 0.3 is 0 Å². The monoisotopic (exact) mass is 305 g/mol. The van der Waals surface area contributed by atoms with Crippen LogP contribution in [0.1, 0.15) is 33.8 Å². The van der Waals surface area contributed by atoms with Gasteiger partial charge in [-0.2, -0.15) is 0 Å². The van der Waals surface area contributed by atoms with E-state index in [4.69, 9.17) is 5.73 Å². The van der Waals surface area contributed by atoms with Crippen LogP contribution in [0.15, 0.2) is 6.07 Å². The molecule has 0 spiro atoms. The largest absolute Gasteiger partial charge is 0.397 e. The first-order chi connectivity index (χ1) is 9.97. The number of likely N-dealkylation sites (tertiary alicyclic amines) is 1. The fraction of sp³-hybridized carbons (Fsp3) is 0.467. The van der Waals surface area contributed by atoms with Gasteiger partial charge in [-0.3, -0.25) is 4.79 Å². The summed E-state index contributed by atoms with van der Waals surface area (Å²) in [6, 6.07) is 1.98. The Labute approximate surface area is 127 Å². The molecule has 6 heteroatoms. The van der Waals surface area contributed by atoms with Crippen LogP contribution in [0.5, 0.6) is 0 Å². The van der Waals surface area contributed by atoms with E-state index >= 15 is 0 Å². The van der Waals surface area contributed by atoms with Crippen LogP contribution in [0.25, 0.3) is 10.2 Å². The number of nitrogens with zero attached hydrogens (tertiary/aromatic N) is 2. The van der Waals surface area contributed by atoms with E-state index in [0.717, 1.165) is 34.3 Å². The molecule has 5 nitrogen and oxygen atoms in total. The van der Waals surface area contributed by atoms with Crippen molar-refractivity contribution in [1.82, 2.24) is 9.88 Å². The summed E-state index contributed by atoms with van der Waals surface area (Å²) in [5.41, 5.74) is 8.68. The van der Waals surface area contributed by atoms with Gasteiger partial charge in [0.2, 0.25) is 0 Å². The second-order valence-corrected chi connectivity index (χ2v) is 6.65. The lowest BCUT2D eigenvalue weighted by Gasteiger charge is -2.29. The number of rotatable bonds is 1. The number of thiophene rings is 1. The highest BCUT2D eigenvalue weighted by atomic mass is 32.1. The number of pyridine rings is 1. The van der Waals surface area contributed by atoms with Crippen molar-refractivity contribution < 1.29 is 9.90 Å². The summed E-state index contributed by atoms with van der Waals surface area (Å²) >= 11 is 1.35. The van der Waals surface area contributed by atoms with Gasteiger partial charge in [-0.05, 0) is 38.3 Å². The predicted molar refractivity (Wildman–Crippen MR) is 84.7 cm³/mol. The van der Waals surface area contributed by atoms with Gasteiger partial charge in [-0.15, -0.1) is 11.3 Å². The summed E-state index contributed by atoms with van der Waals surface area (Å²) in [6.07, 6.45) is 1.15. The minimum absolute atomic E-state index is 0.0914. The Hall–Kier alpha value is -1.66. The van der Waals surface area contributed by atoms with Crippen molar-refractivity contribution in [2.45, 2.75) is 32.8 Å². The predicted octanol–water partition coefficient (Wildman–Crippen LogP) is 2.09. The lowest BCUT2D eigenvalue weighted by Crippen LogP contribution is -2.42. The van der Waals surface area contributed by atoms with E-state index in [0.29, 0.717) is 23.7 Å². The number of anilines is 1. The molecule has 21 heavy (non-hydrogen) atoms. The highest BCUT2D eigenvalue weighted by Gasteiger charge is 2.27. The van der Waals surface area contributed by atoms with Crippen LogP contribution in [-0.4, -0.2) is 40.1 Å². The average Bonchev–Trinajstić information content (AvgIpc) is 2.75. The van der Waals surface area contributed by atoms with Crippen LogP contribution in [0.2, 0.25) is 0 Å². The topological polar surface area (TPSA) is 79.5 Å². The molecule has 0 radical (unpaired) electrons. The summed E-state index contributed by atoms with van der Waals surface area (Å²) in [5.74, 6) is -0.0914. The maximum Gasteiger partial charge on any atom is 0.266 e. The van der Waals surface area contributed by atoms with E-state index in [9.17, 15) is 9.90 Å². The van der Waals surface area contributed by atoms with Crippen LogP contribution in [0.4, 0.5) is 5.69 Å². The molecule has 0 saturated carbocycles. The normalized spacial score (nSPS) is 19.2. The van der Waals surface area contributed by atoms with Gasteiger partial charge in [-0.1, -0.05) is 0 Å². The molecule has 1 atom stereocenters. The molecular weight excluding hydrogens is 286 g/mol. The van der Waals surface area contributed by atoms with Crippen LogP contribution < -0.4 is 5.73 Å². The SMILES string of the molecule is Cc1cc(C)c2c(N)c(C(=O)N3CCCC(O)C3)sc2n1. The zero-order valence-corrected chi connectivity index (χ0v) is 13.0. The third-order valence-electron chi connectivity index (χ3n) is 3.90. The number of piperidine rings is 1. The van der Waals surface area contributed by atoms with E-state index in [1.165, 1.54) is 11.3 Å². The van der Waals surface area contributed by atoms with Gasteiger partial charge in [0, 0.05) is 24.2 Å². The van der Waals surface area contributed by atoms with Crippen LogP contribution in [0, 0.1) is 13.8 Å². The number of aryl methyl sites for hydroxylation is 2. The lowest BCUT2D eigenvalue weighted by atomic mass is 10.1. The molecular formula is C15H19N3O2S. The molecule has 2 aromatic heterocycles. The van der Waals surface area contributed by atoms with Gasteiger partial charge in [0.05, 0.1) is 11.8 Å². The summed E-state index contributed by atoms with van der Waals surface area (Å²) in [7, 11) is 0.